The molecule has 1 aromatic rings. The van der Waals surface area contributed by atoms with Crippen LogP contribution in [-0.2, 0) is 4.74 Å². The number of rotatable bonds is 2. The molecule has 0 bridgehead atoms. The first-order chi connectivity index (χ1) is 6.72. The summed E-state index contributed by atoms with van der Waals surface area (Å²) in [6.07, 6.45) is 0.186. The molecule has 2 rings (SSSR count). The van der Waals surface area contributed by atoms with Crippen LogP contribution in [0.25, 0.3) is 0 Å². The number of hydrogen-bond donors (Lipinski definition) is 0. The summed E-state index contributed by atoms with van der Waals surface area (Å²) in [4.78, 5) is 10.3. The SMILES string of the molecule is O=Cc1c(F)cc(C2COC2)cc1F. The van der Waals surface area contributed by atoms with E-state index in [0.717, 1.165) is 0 Å². The van der Waals surface area contributed by atoms with Crippen molar-refractivity contribution in [1.82, 2.24) is 0 Å². The van der Waals surface area contributed by atoms with Gasteiger partial charge >= 0.3 is 0 Å². The van der Waals surface area contributed by atoms with Crippen molar-refractivity contribution in [2.75, 3.05) is 13.2 Å². The second kappa shape index (κ2) is 3.46. The highest BCUT2D eigenvalue weighted by molar-refractivity contribution is 5.75. The maximum Gasteiger partial charge on any atom is 0.155 e. The molecular weight excluding hydrogens is 190 g/mol. The molecule has 0 saturated carbocycles. The van der Waals surface area contributed by atoms with Gasteiger partial charge in [0.15, 0.2) is 6.29 Å². The minimum atomic E-state index is -0.804. The summed E-state index contributed by atoms with van der Waals surface area (Å²) in [5.74, 6) is -1.55. The highest BCUT2D eigenvalue weighted by Crippen LogP contribution is 2.26. The van der Waals surface area contributed by atoms with E-state index < -0.39 is 17.2 Å². The minimum absolute atomic E-state index is 0.0553. The first kappa shape index (κ1) is 9.27. The molecule has 0 spiro atoms. The van der Waals surface area contributed by atoms with Gasteiger partial charge in [-0.2, -0.15) is 0 Å². The van der Waals surface area contributed by atoms with Crippen LogP contribution in [-0.4, -0.2) is 19.5 Å². The van der Waals surface area contributed by atoms with Crippen LogP contribution in [0.15, 0.2) is 12.1 Å². The van der Waals surface area contributed by atoms with Crippen LogP contribution < -0.4 is 0 Å². The largest absolute Gasteiger partial charge is 0.380 e. The van der Waals surface area contributed by atoms with Gasteiger partial charge in [0.1, 0.15) is 11.6 Å². The quantitative estimate of drug-likeness (QED) is 0.678. The van der Waals surface area contributed by atoms with Gasteiger partial charge in [-0.25, -0.2) is 8.78 Å². The fraction of sp³-hybridized carbons (Fsp3) is 0.300. The average molecular weight is 198 g/mol. The van der Waals surface area contributed by atoms with Crippen LogP contribution in [0.1, 0.15) is 21.8 Å². The minimum Gasteiger partial charge on any atom is -0.380 e. The third-order valence-electron chi connectivity index (χ3n) is 2.33. The first-order valence-electron chi connectivity index (χ1n) is 4.24. The lowest BCUT2D eigenvalue weighted by molar-refractivity contribution is 0.00820. The van der Waals surface area contributed by atoms with Crippen molar-refractivity contribution in [3.05, 3.63) is 34.9 Å². The molecular formula is C10H8F2O2. The van der Waals surface area contributed by atoms with Crippen molar-refractivity contribution in [1.29, 1.82) is 0 Å². The predicted octanol–water partition coefficient (Wildman–Crippen LogP) is 1.89. The number of carbonyl (C=O) groups is 1. The summed E-state index contributed by atoms with van der Waals surface area (Å²) in [5.41, 5.74) is 0.0471. The van der Waals surface area contributed by atoms with E-state index in [1.54, 1.807) is 0 Å². The zero-order valence-corrected chi connectivity index (χ0v) is 7.30. The molecule has 2 nitrogen and oxygen atoms in total. The Morgan fingerprint density at radius 1 is 1.29 bits per heavy atom. The molecule has 4 heteroatoms. The highest BCUT2D eigenvalue weighted by atomic mass is 19.1. The molecule has 0 atom stereocenters. The zero-order chi connectivity index (χ0) is 10.1. The Kier molecular flexibility index (Phi) is 2.29. The summed E-state index contributed by atoms with van der Waals surface area (Å²) in [7, 11) is 0. The molecule has 0 N–H and O–H groups in total. The highest BCUT2D eigenvalue weighted by Gasteiger charge is 2.23. The summed E-state index contributed by atoms with van der Waals surface area (Å²) in [6.45, 7) is 0.971. The number of hydrogen-bond acceptors (Lipinski definition) is 2. The second-order valence-corrected chi connectivity index (χ2v) is 3.25. The Morgan fingerprint density at radius 2 is 1.86 bits per heavy atom. The van der Waals surface area contributed by atoms with Gasteiger partial charge in [-0.15, -0.1) is 0 Å². The molecule has 74 valence electrons. The Bertz CT molecular complexity index is 349. The lowest BCUT2D eigenvalue weighted by atomic mass is 9.96. The van der Waals surface area contributed by atoms with Gasteiger partial charge in [-0.3, -0.25) is 4.79 Å². The first-order valence-corrected chi connectivity index (χ1v) is 4.24. The van der Waals surface area contributed by atoms with Crippen molar-refractivity contribution < 1.29 is 18.3 Å². The Hall–Kier alpha value is -1.29. The summed E-state index contributed by atoms with van der Waals surface area (Å²) < 4.78 is 31.2. The van der Waals surface area contributed by atoms with Crippen molar-refractivity contribution in [3.63, 3.8) is 0 Å². The fourth-order valence-corrected chi connectivity index (χ4v) is 1.38. The Balaban J connectivity index is 2.40. The van der Waals surface area contributed by atoms with E-state index in [0.29, 0.717) is 18.8 Å². The molecule has 14 heavy (non-hydrogen) atoms. The second-order valence-electron chi connectivity index (χ2n) is 3.25. The molecule has 1 fully saturated rings. The van der Waals surface area contributed by atoms with Gasteiger partial charge in [0.05, 0.1) is 18.8 Å². The van der Waals surface area contributed by atoms with Crippen LogP contribution in [0.3, 0.4) is 0 Å². The summed E-state index contributed by atoms with van der Waals surface area (Å²) in [6, 6.07) is 2.39. The monoisotopic (exact) mass is 198 g/mol. The van der Waals surface area contributed by atoms with E-state index in [9.17, 15) is 13.6 Å². The van der Waals surface area contributed by atoms with E-state index in [1.165, 1.54) is 12.1 Å². The fourth-order valence-electron chi connectivity index (χ4n) is 1.38. The predicted molar refractivity (Wildman–Crippen MR) is 45.3 cm³/mol. The molecule has 1 saturated heterocycles. The average Bonchev–Trinajstić information content (AvgIpc) is 2.00. The molecule has 1 aliphatic rings. The van der Waals surface area contributed by atoms with Gasteiger partial charge < -0.3 is 4.74 Å². The van der Waals surface area contributed by atoms with Crippen LogP contribution in [0.5, 0.6) is 0 Å². The number of ether oxygens (including phenoxy) is 1. The van der Waals surface area contributed by atoms with Crippen LogP contribution >= 0.6 is 0 Å². The van der Waals surface area contributed by atoms with E-state index in [1.807, 2.05) is 0 Å². The van der Waals surface area contributed by atoms with Gasteiger partial charge in [0.2, 0.25) is 0 Å². The maximum absolute atomic E-state index is 13.1. The number of aldehydes is 1. The van der Waals surface area contributed by atoms with Crippen molar-refractivity contribution in [2.24, 2.45) is 0 Å². The number of carbonyl (C=O) groups excluding carboxylic acids is 1. The maximum atomic E-state index is 13.1. The molecule has 0 unspecified atom stereocenters. The normalized spacial score (nSPS) is 16.4. The topological polar surface area (TPSA) is 26.3 Å². The zero-order valence-electron chi connectivity index (χ0n) is 7.30. The Morgan fingerprint density at radius 3 is 2.21 bits per heavy atom. The molecule has 0 aliphatic carbocycles. The van der Waals surface area contributed by atoms with E-state index in [4.69, 9.17) is 4.74 Å². The molecule has 0 radical (unpaired) electrons. The van der Waals surface area contributed by atoms with Crippen molar-refractivity contribution in [3.8, 4) is 0 Å². The number of halogens is 2. The van der Waals surface area contributed by atoms with Gasteiger partial charge in [0, 0.05) is 5.92 Å². The smallest absolute Gasteiger partial charge is 0.155 e. The lowest BCUT2D eigenvalue weighted by Gasteiger charge is -2.26. The van der Waals surface area contributed by atoms with Crippen molar-refractivity contribution in [2.45, 2.75) is 5.92 Å². The van der Waals surface area contributed by atoms with Crippen LogP contribution in [0.4, 0.5) is 8.78 Å². The van der Waals surface area contributed by atoms with E-state index in [2.05, 4.69) is 0 Å². The molecule has 1 aliphatic heterocycles. The summed E-state index contributed by atoms with van der Waals surface area (Å²) in [5, 5.41) is 0. The number of benzene rings is 1. The standard InChI is InChI=1S/C10H8F2O2/c11-9-1-6(7-4-14-5-7)2-10(12)8(9)3-13/h1-3,7H,4-5H2. The lowest BCUT2D eigenvalue weighted by Crippen LogP contribution is -2.25. The molecule has 1 aromatic carbocycles. The van der Waals surface area contributed by atoms with E-state index >= 15 is 0 Å². The van der Waals surface area contributed by atoms with Crippen molar-refractivity contribution >= 4 is 6.29 Å². The van der Waals surface area contributed by atoms with Gasteiger partial charge in [-0.05, 0) is 17.7 Å². The van der Waals surface area contributed by atoms with Gasteiger partial charge in [0.25, 0.3) is 0 Å². The Labute approximate surface area is 79.5 Å². The molecule has 0 aromatic heterocycles. The van der Waals surface area contributed by atoms with E-state index in [-0.39, 0.29) is 12.2 Å². The molecule has 0 amide bonds. The van der Waals surface area contributed by atoms with Crippen LogP contribution in [0.2, 0.25) is 0 Å². The molecule has 1 heterocycles. The van der Waals surface area contributed by atoms with Gasteiger partial charge in [-0.1, -0.05) is 0 Å². The van der Waals surface area contributed by atoms with Crippen LogP contribution in [0, 0.1) is 11.6 Å². The third-order valence-corrected chi connectivity index (χ3v) is 2.33. The summed E-state index contributed by atoms with van der Waals surface area (Å²) >= 11 is 0. The third kappa shape index (κ3) is 1.42.